The second-order valence-corrected chi connectivity index (χ2v) is 17.9. The maximum Gasteiger partial charge on any atom is 0.253 e. The highest BCUT2D eigenvalue weighted by Crippen LogP contribution is 2.50. The molecular formula is C45H53N17. The minimum absolute atomic E-state index is 0.0748. The first-order valence-corrected chi connectivity index (χ1v) is 22.7. The van der Waals surface area contributed by atoms with Crippen molar-refractivity contribution in [2.24, 2.45) is 15.0 Å². The van der Waals surface area contributed by atoms with Gasteiger partial charge in [-0.3, -0.25) is 14.8 Å². The molecule has 2 aliphatic carbocycles. The molecule has 2 unspecified atom stereocenters. The molecule has 318 valence electrons. The zero-order valence-electron chi connectivity index (χ0n) is 35.1. The number of aliphatic imine (C=N–C) groups is 2. The maximum atomic E-state index is 5.54. The fourth-order valence-corrected chi connectivity index (χ4v) is 11.2. The van der Waals surface area contributed by atoms with Crippen LogP contribution in [0.5, 0.6) is 0 Å². The Kier molecular flexibility index (Phi) is 9.34. The molecule has 10 heterocycles. The topological polar surface area (TPSA) is 168 Å². The number of hydrogen-bond acceptors (Lipinski definition) is 16. The number of nitrogens with one attached hydrogen (secondary N) is 3. The smallest absolute Gasteiger partial charge is 0.253 e. The van der Waals surface area contributed by atoms with E-state index in [0.29, 0.717) is 17.4 Å². The fraction of sp³-hybridized carbons (Fsp3) is 0.489. The van der Waals surface area contributed by atoms with Gasteiger partial charge in [-0.1, -0.05) is 32.1 Å². The van der Waals surface area contributed by atoms with Crippen molar-refractivity contribution in [3.63, 3.8) is 0 Å². The Bertz CT molecular complexity index is 2550. The van der Waals surface area contributed by atoms with Gasteiger partial charge in [0.15, 0.2) is 11.6 Å². The van der Waals surface area contributed by atoms with Crippen molar-refractivity contribution in [1.82, 2.24) is 45.1 Å². The van der Waals surface area contributed by atoms with Gasteiger partial charge in [-0.15, -0.1) is 0 Å². The molecule has 0 bridgehead atoms. The van der Waals surface area contributed by atoms with Gasteiger partial charge in [-0.2, -0.15) is 15.0 Å². The summed E-state index contributed by atoms with van der Waals surface area (Å²) in [6, 6.07) is 12.6. The number of piperazine rings is 2. The molecule has 0 aromatic carbocycles. The third-order valence-corrected chi connectivity index (χ3v) is 14.3. The number of amidine groups is 1. The van der Waals surface area contributed by atoms with E-state index in [2.05, 4.69) is 70.4 Å². The average Bonchev–Trinajstić information content (AvgIpc) is 3.89. The third-order valence-electron chi connectivity index (χ3n) is 14.3. The SMILES string of the molecule is C1=Nc2cnc(N(c3ccc(N4CCNCC4)cn3)C3CCCCC34CNc3ccc5cnc(=Nc6ccc(N7CCNCC7)cn6)nc-5n34)nc2N2C1=NCC21CCCCC1. The van der Waals surface area contributed by atoms with Crippen LogP contribution < -0.4 is 41.2 Å². The van der Waals surface area contributed by atoms with Gasteiger partial charge < -0.3 is 30.3 Å². The number of hydrogen-bond donors (Lipinski definition) is 3. The van der Waals surface area contributed by atoms with E-state index in [4.69, 9.17) is 44.9 Å². The summed E-state index contributed by atoms with van der Waals surface area (Å²) in [7, 11) is 0. The average molecular weight is 832 g/mol. The quantitative estimate of drug-likeness (QED) is 0.218. The highest BCUT2D eigenvalue weighted by atomic mass is 15.4. The molecule has 2 saturated carbocycles. The van der Waals surface area contributed by atoms with Crippen LogP contribution in [0.2, 0.25) is 0 Å². The lowest BCUT2D eigenvalue weighted by molar-refractivity contribution is 0.188. The Morgan fingerprint density at radius 2 is 1.50 bits per heavy atom. The van der Waals surface area contributed by atoms with Crippen LogP contribution in [0.4, 0.5) is 46.3 Å². The van der Waals surface area contributed by atoms with Crippen LogP contribution in [-0.2, 0) is 5.54 Å². The van der Waals surface area contributed by atoms with Crippen molar-refractivity contribution in [2.75, 3.05) is 90.4 Å². The number of aromatic nitrogens is 7. The van der Waals surface area contributed by atoms with Gasteiger partial charge in [0.25, 0.3) is 5.62 Å². The molecule has 3 aromatic heterocycles. The van der Waals surface area contributed by atoms with E-state index >= 15 is 0 Å². The van der Waals surface area contributed by atoms with E-state index < -0.39 is 5.54 Å². The van der Waals surface area contributed by atoms with Crippen LogP contribution in [0.3, 0.4) is 0 Å². The van der Waals surface area contributed by atoms with Gasteiger partial charge in [0, 0.05) is 70.7 Å². The molecule has 2 spiro atoms. The predicted molar refractivity (Wildman–Crippen MR) is 242 cm³/mol. The Hall–Kier alpha value is -6.07. The normalized spacial score (nSPS) is 24.3. The molecule has 17 heteroatoms. The molecule has 17 nitrogen and oxygen atoms in total. The van der Waals surface area contributed by atoms with Gasteiger partial charge in [-0.05, 0) is 62.1 Å². The van der Waals surface area contributed by atoms with Crippen LogP contribution in [-0.4, -0.2) is 124 Å². The lowest BCUT2D eigenvalue weighted by Crippen LogP contribution is -2.56. The highest BCUT2D eigenvalue weighted by molar-refractivity contribution is 6.39. The van der Waals surface area contributed by atoms with Gasteiger partial charge in [0.05, 0.1) is 59.8 Å². The molecule has 2 atom stereocenters. The summed E-state index contributed by atoms with van der Waals surface area (Å²) >= 11 is 0. The molecule has 7 aliphatic heterocycles. The third kappa shape index (κ3) is 6.38. The zero-order valence-corrected chi connectivity index (χ0v) is 35.1. The van der Waals surface area contributed by atoms with Gasteiger partial charge in [-0.25, -0.2) is 24.9 Å². The summed E-state index contributed by atoms with van der Waals surface area (Å²) in [4.78, 5) is 54.9. The van der Waals surface area contributed by atoms with Crippen molar-refractivity contribution in [3.05, 3.63) is 66.8 Å². The number of anilines is 6. The number of pyridine rings is 3. The molecule has 3 N–H and O–H groups in total. The van der Waals surface area contributed by atoms with Crippen LogP contribution in [0.25, 0.3) is 11.4 Å². The summed E-state index contributed by atoms with van der Waals surface area (Å²) in [6.45, 7) is 9.18. The minimum Gasteiger partial charge on any atom is -0.369 e. The van der Waals surface area contributed by atoms with Crippen LogP contribution >= 0.6 is 0 Å². The van der Waals surface area contributed by atoms with E-state index in [1.54, 1.807) is 0 Å². The standard InChI is InChI=1S/C45H53N17/c1-3-13-44(14-4-1)29-53-39-28-48-34-27-52-43(57-41(34)61(39)44)60(37-12-9-33(26-50-37)59-22-18-47-19-23-59)35-6-2-5-15-45(35)30-54-38-11-7-31-24-51-42(56-40(31)62(38)45)55-36-10-8-32(25-49-36)58-20-16-46-17-21-58/h7-12,24-28,35,46-47,54H,1-6,13-23,29-30H2. The van der Waals surface area contributed by atoms with Gasteiger partial charge in [0.2, 0.25) is 5.95 Å². The fourth-order valence-electron chi connectivity index (χ4n) is 11.2. The first kappa shape index (κ1) is 37.7. The Labute approximate surface area is 360 Å². The Balaban J connectivity index is 0.969. The molecule has 4 fully saturated rings. The van der Waals surface area contributed by atoms with Crippen molar-refractivity contribution >= 4 is 58.3 Å². The predicted octanol–water partition coefficient (Wildman–Crippen LogP) is 4.55. The summed E-state index contributed by atoms with van der Waals surface area (Å²) in [6.07, 6.45) is 19.5. The molecule has 12 rings (SSSR count). The first-order chi connectivity index (χ1) is 30.6. The second-order valence-electron chi connectivity index (χ2n) is 17.9. The molecule has 2 saturated heterocycles. The number of fused-ring (bicyclic) bond motifs is 8. The van der Waals surface area contributed by atoms with Gasteiger partial charge in [0.1, 0.15) is 29.0 Å². The molecule has 0 radical (unpaired) electrons. The summed E-state index contributed by atoms with van der Waals surface area (Å²) in [5.41, 5.74) is 3.85. The minimum atomic E-state index is -0.428. The monoisotopic (exact) mass is 831 g/mol. The molecule has 0 amide bonds. The summed E-state index contributed by atoms with van der Waals surface area (Å²) in [5, 5.41) is 10.7. The summed E-state index contributed by atoms with van der Waals surface area (Å²) < 4.78 is 2.43. The first-order valence-electron chi connectivity index (χ1n) is 22.7. The molecule has 3 aromatic rings. The lowest BCUT2D eigenvalue weighted by Gasteiger charge is -2.48. The van der Waals surface area contributed by atoms with E-state index in [1.165, 1.54) is 19.3 Å². The molecule has 9 aliphatic rings. The molecular weight excluding hydrogens is 779 g/mol. The van der Waals surface area contributed by atoms with E-state index in [9.17, 15) is 0 Å². The van der Waals surface area contributed by atoms with Crippen molar-refractivity contribution in [3.8, 4) is 11.4 Å². The highest BCUT2D eigenvalue weighted by Gasteiger charge is 2.52. The Morgan fingerprint density at radius 1 is 0.726 bits per heavy atom. The lowest BCUT2D eigenvalue weighted by atomic mass is 9.76. The zero-order chi connectivity index (χ0) is 41.1. The van der Waals surface area contributed by atoms with E-state index in [-0.39, 0.29) is 11.6 Å². The number of rotatable bonds is 6. The van der Waals surface area contributed by atoms with E-state index in [1.807, 2.05) is 37.1 Å². The largest absolute Gasteiger partial charge is 0.369 e. The maximum absolute atomic E-state index is 5.54. The van der Waals surface area contributed by atoms with E-state index in [0.717, 1.165) is 156 Å². The van der Waals surface area contributed by atoms with Crippen LogP contribution in [0, 0.1) is 0 Å². The van der Waals surface area contributed by atoms with Crippen molar-refractivity contribution in [2.45, 2.75) is 74.9 Å². The van der Waals surface area contributed by atoms with Crippen molar-refractivity contribution < 1.29 is 0 Å². The van der Waals surface area contributed by atoms with Crippen molar-refractivity contribution in [1.29, 1.82) is 0 Å². The summed E-state index contributed by atoms with van der Waals surface area (Å²) in [5.74, 6) is 5.65. The second kappa shape index (κ2) is 15.4. The van der Waals surface area contributed by atoms with Crippen LogP contribution in [0.1, 0.15) is 57.8 Å². The van der Waals surface area contributed by atoms with Crippen LogP contribution in [0.15, 0.2) is 76.2 Å². The van der Waals surface area contributed by atoms with Gasteiger partial charge >= 0.3 is 0 Å². The molecule has 62 heavy (non-hydrogen) atoms. The number of nitrogens with zero attached hydrogens (tertiary/aromatic N) is 14. The Morgan fingerprint density at radius 3 is 2.26 bits per heavy atom.